The number of nitrogens with one attached hydrogen (secondary N) is 3. The molecule has 1 heterocycles. The Morgan fingerprint density at radius 1 is 1.02 bits per heavy atom. The van der Waals surface area contributed by atoms with Crippen LogP contribution < -0.4 is 16.0 Å². The zero-order valence-corrected chi connectivity index (χ0v) is 24.5. The molecule has 1 unspecified atom stereocenters. The minimum absolute atomic E-state index is 0.0134. The molecule has 42 heavy (non-hydrogen) atoms. The maximum Gasteiger partial charge on any atom is 0.328 e. The van der Waals surface area contributed by atoms with Gasteiger partial charge in [0, 0.05) is 23.7 Å². The van der Waals surface area contributed by atoms with E-state index in [0.29, 0.717) is 30.1 Å². The second-order valence-corrected chi connectivity index (χ2v) is 11.4. The highest BCUT2D eigenvalue weighted by Gasteiger charge is 2.32. The molecule has 218 valence electrons. The second-order valence-electron chi connectivity index (χ2n) is 10.2. The van der Waals surface area contributed by atoms with E-state index in [1.807, 2.05) is 30.3 Å². The number of fused-ring (bicyclic) bond motifs is 2. The van der Waals surface area contributed by atoms with Crippen molar-refractivity contribution in [3.63, 3.8) is 0 Å². The standard InChI is InChI=1S/C30H27Cl3N4O5/c31-18-6-3-4-16(12-18)15-37-11-10-20-21(28(37)39)13-22(32)25(26(20)33)27(38)35-24(29(40)41)14-34-30(42)36-23-9-8-17-5-1-2-7-19(17)23/h1-7,12-13,23-24H,8-11,14-15H2,(H,35,38)(H,40,41)(H2,34,36,42)/t23-,24?/m1/s1. The van der Waals surface area contributed by atoms with Gasteiger partial charge in [-0.3, -0.25) is 9.59 Å². The fourth-order valence-electron chi connectivity index (χ4n) is 5.37. The van der Waals surface area contributed by atoms with Crippen LogP contribution in [0.3, 0.4) is 0 Å². The van der Waals surface area contributed by atoms with Gasteiger partial charge in [-0.2, -0.15) is 0 Å². The molecule has 0 radical (unpaired) electrons. The van der Waals surface area contributed by atoms with Gasteiger partial charge in [0.1, 0.15) is 6.04 Å². The van der Waals surface area contributed by atoms with Crippen molar-refractivity contribution in [2.75, 3.05) is 13.1 Å². The van der Waals surface area contributed by atoms with Gasteiger partial charge in [-0.05, 0) is 59.7 Å². The average Bonchev–Trinajstić information content (AvgIpc) is 3.35. The smallest absolute Gasteiger partial charge is 0.328 e. The minimum Gasteiger partial charge on any atom is -0.480 e. The largest absolute Gasteiger partial charge is 0.480 e. The van der Waals surface area contributed by atoms with Crippen LogP contribution in [-0.4, -0.2) is 53.0 Å². The van der Waals surface area contributed by atoms with E-state index in [1.54, 1.807) is 23.1 Å². The minimum atomic E-state index is -1.46. The highest BCUT2D eigenvalue weighted by atomic mass is 35.5. The van der Waals surface area contributed by atoms with Crippen molar-refractivity contribution in [3.8, 4) is 0 Å². The molecule has 9 nitrogen and oxygen atoms in total. The number of rotatable bonds is 8. The van der Waals surface area contributed by atoms with Gasteiger partial charge in [-0.1, -0.05) is 71.2 Å². The van der Waals surface area contributed by atoms with Crippen molar-refractivity contribution >= 4 is 58.6 Å². The van der Waals surface area contributed by atoms with Crippen LogP contribution in [-0.2, 0) is 24.2 Å². The topological polar surface area (TPSA) is 128 Å². The number of nitrogens with zero attached hydrogens (tertiary/aromatic N) is 1. The van der Waals surface area contributed by atoms with E-state index in [-0.39, 0.29) is 39.7 Å². The first kappa shape index (κ1) is 29.7. The van der Waals surface area contributed by atoms with Crippen LogP contribution in [0.5, 0.6) is 0 Å². The van der Waals surface area contributed by atoms with Gasteiger partial charge in [0.05, 0.1) is 28.2 Å². The Morgan fingerprint density at radius 3 is 2.57 bits per heavy atom. The highest BCUT2D eigenvalue weighted by Crippen LogP contribution is 2.35. The van der Waals surface area contributed by atoms with E-state index in [2.05, 4.69) is 16.0 Å². The lowest BCUT2D eigenvalue weighted by Crippen LogP contribution is -2.50. The molecule has 1 aliphatic heterocycles. The summed E-state index contributed by atoms with van der Waals surface area (Å²) in [6, 6.07) is 14.2. The fraction of sp³-hybridized carbons (Fsp3) is 0.267. The number of aliphatic carboxylic acids is 1. The highest BCUT2D eigenvalue weighted by molar-refractivity contribution is 6.41. The Kier molecular flexibility index (Phi) is 8.91. The third kappa shape index (κ3) is 6.33. The van der Waals surface area contributed by atoms with Crippen LogP contribution in [0.2, 0.25) is 15.1 Å². The first-order valence-electron chi connectivity index (χ1n) is 13.3. The third-order valence-electron chi connectivity index (χ3n) is 7.47. The number of carbonyl (C=O) groups is 4. The number of aryl methyl sites for hydroxylation is 1. The van der Waals surface area contributed by atoms with Gasteiger partial charge in [-0.15, -0.1) is 0 Å². The monoisotopic (exact) mass is 628 g/mol. The number of carboxylic acids is 1. The second kappa shape index (κ2) is 12.6. The summed E-state index contributed by atoms with van der Waals surface area (Å²) in [7, 11) is 0. The first-order valence-corrected chi connectivity index (χ1v) is 14.5. The first-order chi connectivity index (χ1) is 20.1. The molecule has 3 aromatic carbocycles. The van der Waals surface area contributed by atoms with Crippen molar-refractivity contribution in [1.29, 1.82) is 0 Å². The fourth-order valence-corrected chi connectivity index (χ4v) is 6.30. The molecule has 0 saturated heterocycles. The molecule has 2 atom stereocenters. The Morgan fingerprint density at radius 2 is 1.81 bits per heavy atom. The summed E-state index contributed by atoms with van der Waals surface area (Å²) < 4.78 is 0. The van der Waals surface area contributed by atoms with Crippen LogP contribution in [0.4, 0.5) is 4.79 Å². The van der Waals surface area contributed by atoms with Gasteiger partial charge in [0.15, 0.2) is 0 Å². The summed E-state index contributed by atoms with van der Waals surface area (Å²) in [5, 5.41) is 17.9. The molecule has 0 spiro atoms. The van der Waals surface area contributed by atoms with Gasteiger partial charge in [-0.25, -0.2) is 9.59 Å². The van der Waals surface area contributed by atoms with Gasteiger partial charge in [0.25, 0.3) is 11.8 Å². The van der Waals surface area contributed by atoms with E-state index >= 15 is 0 Å². The average molecular weight is 630 g/mol. The molecule has 5 rings (SSSR count). The van der Waals surface area contributed by atoms with Crippen molar-refractivity contribution < 1.29 is 24.3 Å². The van der Waals surface area contributed by atoms with Crippen LogP contribution in [0.1, 0.15) is 55.4 Å². The Labute approximate surface area is 257 Å². The maximum atomic E-state index is 13.3. The van der Waals surface area contributed by atoms with Crippen molar-refractivity contribution in [1.82, 2.24) is 20.9 Å². The Hall–Kier alpha value is -3.79. The molecule has 0 saturated carbocycles. The third-order valence-corrected chi connectivity index (χ3v) is 8.42. The predicted octanol–water partition coefficient (Wildman–Crippen LogP) is 5.02. The number of carboxylic acid groups (broad SMARTS) is 1. The lowest BCUT2D eigenvalue weighted by atomic mass is 9.95. The summed E-state index contributed by atoms with van der Waals surface area (Å²) in [5.41, 5.74) is 3.65. The number of urea groups is 1. The quantitative estimate of drug-likeness (QED) is 0.278. The van der Waals surface area contributed by atoms with E-state index < -0.39 is 23.9 Å². The lowest BCUT2D eigenvalue weighted by molar-refractivity contribution is -0.139. The van der Waals surface area contributed by atoms with Crippen LogP contribution in [0.25, 0.3) is 0 Å². The number of carbonyl (C=O) groups excluding carboxylic acids is 3. The molecule has 1 aliphatic carbocycles. The molecule has 12 heteroatoms. The normalized spacial score (nSPS) is 16.3. The molecule has 3 aromatic rings. The van der Waals surface area contributed by atoms with E-state index in [9.17, 15) is 24.3 Å². The van der Waals surface area contributed by atoms with Crippen molar-refractivity contribution in [2.24, 2.45) is 0 Å². The number of hydrogen-bond donors (Lipinski definition) is 4. The molecular formula is C30H27Cl3N4O5. The summed E-state index contributed by atoms with van der Waals surface area (Å²) >= 11 is 19.1. The molecular weight excluding hydrogens is 603 g/mol. The number of amides is 4. The van der Waals surface area contributed by atoms with E-state index in [1.165, 1.54) is 6.07 Å². The summed E-state index contributed by atoms with van der Waals surface area (Å²) in [6.45, 7) is 0.311. The zero-order valence-electron chi connectivity index (χ0n) is 22.3. The summed E-state index contributed by atoms with van der Waals surface area (Å²) in [6.07, 6.45) is 1.94. The van der Waals surface area contributed by atoms with Crippen LogP contribution >= 0.6 is 34.8 Å². The Bertz CT molecular complexity index is 1580. The van der Waals surface area contributed by atoms with Gasteiger partial charge >= 0.3 is 12.0 Å². The Balaban J connectivity index is 1.24. The molecule has 0 fully saturated rings. The maximum absolute atomic E-state index is 13.3. The SMILES string of the molecule is O=C(NCC(NC(=O)c1c(Cl)cc2c(c1Cl)CCN(Cc1cccc(Cl)c1)C2=O)C(=O)O)N[C@@H]1CCc2ccccc21. The summed E-state index contributed by atoms with van der Waals surface area (Å²) in [5.74, 6) is -2.48. The molecule has 0 bridgehead atoms. The van der Waals surface area contributed by atoms with Crippen molar-refractivity contribution in [3.05, 3.63) is 103 Å². The lowest BCUT2D eigenvalue weighted by Gasteiger charge is -2.30. The van der Waals surface area contributed by atoms with E-state index in [0.717, 1.165) is 29.5 Å². The predicted molar refractivity (Wildman–Crippen MR) is 159 cm³/mol. The molecule has 0 aromatic heterocycles. The van der Waals surface area contributed by atoms with Crippen LogP contribution in [0, 0.1) is 0 Å². The molecule has 2 aliphatic rings. The summed E-state index contributed by atoms with van der Waals surface area (Å²) in [4.78, 5) is 52.5. The van der Waals surface area contributed by atoms with Gasteiger partial charge in [0.2, 0.25) is 0 Å². The van der Waals surface area contributed by atoms with Crippen molar-refractivity contribution in [2.45, 2.75) is 37.9 Å². The van der Waals surface area contributed by atoms with E-state index in [4.69, 9.17) is 34.8 Å². The van der Waals surface area contributed by atoms with Gasteiger partial charge < -0.3 is 26.0 Å². The molecule has 4 amide bonds. The van der Waals surface area contributed by atoms with Crippen LogP contribution in [0.15, 0.2) is 54.6 Å². The number of halogens is 3. The molecule has 4 N–H and O–H groups in total. The number of benzene rings is 3. The number of hydrogen-bond acceptors (Lipinski definition) is 4. The zero-order chi connectivity index (χ0) is 30.0.